The molecular weight excluding hydrogens is 220 g/mol. The molecular formula is C12H24N2O3. The van der Waals surface area contributed by atoms with E-state index in [1.807, 2.05) is 20.8 Å². The first-order chi connectivity index (χ1) is 7.95. The fourth-order valence-electron chi connectivity index (χ4n) is 1.69. The Bertz CT molecular complexity index is 242. The molecule has 0 aliphatic heterocycles. The maximum atomic E-state index is 11.3. The number of carbonyl (C=O) groups excluding carboxylic acids is 1. The van der Waals surface area contributed by atoms with Crippen LogP contribution in [0.3, 0.4) is 0 Å². The highest BCUT2D eigenvalue weighted by atomic mass is 16.4. The second-order valence-electron chi connectivity index (χ2n) is 4.73. The second-order valence-corrected chi connectivity index (χ2v) is 4.73. The molecule has 5 nitrogen and oxygen atoms in total. The molecule has 1 atom stereocenters. The molecule has 2 amide bonds. The summed E-state index contributed by atoms with van der Waals surface area (Å²) in [4.78, 5) is 22.0. The van der Waals surface area contributed by atoms with Crippen LogP contribution in [-0.2, 0) is 4.79 Å². The molecule has 0 aromatic rings. The SMILES string of the molecule is CCCNC(=O)NC[C@H](CC(=O)O)CC(C)C. The monoisotopic (exact) mass is 244 g/mol. The molecule has 0 aromatic carbocycles. The number of carboxylic acids is 1. The van der Waals surface area contributed by atoms with Gasteiger partial charge in [-0.2, -0.15) is 0 Å². The minimum Gasteiger partial charge on any atom is -0.481 e. The lowest BCUT2D eigenvalue weighted by atomic mass is 9.94. The Balaban J connectivity index is 3.97. The van der Waals surface area contributed by atoms with E-state index in [2.05, 4.69) is 10.6 Å². The fourth-order valence-corrected chi connectivity index (χ4v) is 1.69. The average Bonchev–Trinajstić information content (AvgIpc) is 2.21. The Morgan fingerprint density at radius 1 is 1.24 bits per heavy atom. The molecule has 0 saturated heterocycles. The number of aliphatic carboxylic acids is 1. The Morgan fingerprint density at radius 3 is 2.35 bits per heavy atom. The number of hydrogen-bond donors (Lipinski definition) is 3. The minimum absolute atomic E-state index is 0.000114. The minimum atomic E-state index is -0.814. The third-order valence-corrected chi connectivity index (χ3v) is 2.35. The number of carbonyl (C=O) groups is 2. The summed E-state index contributed by atoms with van der Waals surface area (Å²) in [7, 11) is 0. The molecule has 3 N–H and O–H groups in total. The summed E-state index contributed by atoms with van der Waals surface area (Å²) in [5.41, 5.74) is 0. The van der Waals surface area contributed by atoms with Crippen molar-refractivity contribution < 1.29 is 14.7 Å². The largest absolute Gasteiger partial charge is 0.481 e. The highest BCUT2D eigenvalue weighted by Gasteiger charge is 2.15. The molecule has 0 aliphatic rings. The Kier molecular flexibility index (Phi) is 8.19. The zero-order valence-electron chi connectivity index (χ0n) is 11.0. The van der Waals surface area contributed by atoms with E-state index in [4.69, 9.17) is 5.11 Å². The molecule has 0 radical (unpaired) electrons. The van der Waals surface area contributed by atoms with Gasteiger partial charge in [0.05, 0.1) is 0 Å². The van der Waals surface area contributed by atoms with Crippen LogP contribution in [-0.4, -0.2) is 30.2 Å². The van der Waals surface area contributed by atoms with Crippen LogP contribution in [0.25, 0.3) is 0 Å². The van der Waals surface area contributed by atoms with Crippen LogP contribution in [0.1, 0.15) is 40.0 Å². The summed E-state index contributed by atoms with van der Waals surface area (Å²) in [5.74, 6) is -0.383. The Morgan fingerprint density at radius 2 is 1.88 bits per heavy atom. The van der Waals surface area contributed by atoms with Gasteiger partial charge in [-0.15, -0.1) is 0 Å². The van der Waals surface area contributed by atoms with Gasteiger partial charge in [-0.1, -0.05) is 20.8 Å². The van der Waals surface area contributed by atoms with E-state index < -0.39 is 5.97 Å². The number of nitrogens with one attached hydrogen (secondary N) is 2. The van der Waals surface area contributed by atoms with Crippen molar-refractivity contribution in [3.63, 3.8) is 0 Å². The topological polar surface area (TPSA) is 78.4 Å². The van der Waals surface area contributed by atoms with Gasteiger partial charge in [0.15, 0.2) is 0 Å². The molecule has 5 heteroatoms. The van der Waals surface area contributed by atoms with Crippen LogP contribution in [0, 0.1) is 11.8 Å². The maximum absolute atomic E-state index is 11.3. The maximum Gasteiger partial charge on any atom is 0.314 e. The number of carboxylic acid groups (broad SMARTS) is 1. The fraction of sp³-hybridized carbons (Fsp3) is 0.833. The predicted molar refractivity (Wildman–Crippen MR) is 66.9 cm³/mol. The van der Waals surface area contributed by atoms with Gasteiger partial charge in [-0.25, -0.2) is 4.79 Å². The molecule has 0 heterocycles. The first-order valence-corrected chi connectivity index (χ1v) is 6.19. The number of urea groups is 1. The van der Waals surface area contributed by atoms with Crippen molar-refractivity contribution in [2.75, 3.05) is 13.1 Å². The van der Waals surface area contributed by atoms with Crippen LogP contribution in [0.2, 0.25) is 0 Å². The molecule has 0 unspecified atom stereocenters. The first kappa shape index (κ1) is 15.7. The average molecular weight is 244 g/mol. The molecule has 0 saturated carbocycles. The first-order valence-electron chi connectivity index (χ1n) is 6.19. The van der Waals surface area contributed by atoms with E-state index in [1.165, 1.54) is 0 Å². The highest BCUT2D eigenvalue weighted by molar-refractivity contribution is 5.73. The molecule has 0 bridgehead atoms. The van der Waals surface area contributed by atoms with E-state index in [0.717, 1.165) is 12.8 Å². The van der Waals surface area contributed by atoms with Crippen molar-refractivity contribution in [3.05, 3.63) is 0 Å². The summed E-state index contributed by atoms with van der Waals surface area (Å²) >= 11 is 0. The zero-order chi connectivity index (χ0) is 13.3. The lowest BCUT2D eigenvalue weighted by molar-refractivity contribution is -0.138. The van der Waals surface area contributed by atoms with Crippen LogP contribution >= 0.6 is 0 Å². The van der Waals surface area contributed by atoms with E-state index >= 15 is 0 Å². The van der Waals surface area contributed by atoms with Crippen molar-refractivity contribution in [2.24, 2.45) is 11.8 Å². The third-order valence-electron chi connectivity index (χ3n) is 2.35. The zero-order valence-corrected chi connectivity index (χ0v) is 11.0. The Hall–Kier alpha value is -1.26. The van der Waals surface area contributed by atoms with Crippen molar-refractivity contribution in [1.82, 2.24) is 10.6 Å². The van der Waals surface area contributed by atoms with Crippen LogP contribution in [0.4, 0.5) is 4.79 Å². The van der Waals surface area contributed by atoms with E-state index in [1.54, 1.807) is 0 Å². The standard InChI is InChI=1S/C12H24N2O3/c1-4-5-13-12(17)14-8-10(6-9(2)3)7-11(15)16/h9-10H,4-8H2,1-3H3,(H,15,16)(H2,13,14,17)/t10-/m0/s1. The van der Waals surface area contributed by atoms with Crippen LogP contribution < -0.4 is 10.6 Å². The number of hydrogen-bond acceptors (Lipinski definition) is 2. The summed E-state index contributed by atoms with van der Waals surface area (Å²) < 4.78 is 0. The van der Waals surface area contributed by atoms with Gasteiger partial charge in [0.2, 0.25) is 0 Å². The van der Waals surface area contributed by atoms with Gasteiger partial charge in [0, 0.05) is 19.5 Å². The van der Waals surface area contributed by atoms with Gasteiger partial charge in [-0.3, -0.25) is 4.79 Å². The summed E-state index contributed by atoms with van der Waals surface area (Å²) in [6.07, 6.45) is 1.80. The molecule has 0 rings (SSSR count). The third kappa shape index (κ3) is 9.66. The lowest BCUT2D eigenvalue weighted by Gasteiger charge is -2.17. The lowest BCUT2D eigenvalue weighted by Crippen LogP contribution is -2.39. The van der Waals surface area contributed by atoms with Crippen molar-refractivity contribution in [3.8, 4) is 0 Å². The molecule has 17 heavy (non-hydrogen) atoms. The smallest absolute Gasteiger partial charge is 0.314 e. The summed E-state index contributed by atoms with van der Waals surface area (Å²) in [6, 6.07) is -0.217. The van der Waals surface area contributed by atoms with Crippen LogP contribution in [0.5, 0.6) is 0 Å². The van der Waals surface area contributed by atoms with Gasteiger partial charge >= 0.3 is 12.0 Å². The van der Waals surface area contributed by atoms with Gasteiger partial charge < -0.3 is 15.7 Å². The van der Waals surface area contributed by atoms with E-state index in [0.29, 0.717) is 19.0 Å². The number of rotatable bonds is 8. The van der Waals surface area contributed by atoms with Crippen molar-refractivity contribution >= 4 is 12.0 Å². The molecule has 0 spiro atoms. The normalized spacial score (nSPS) is 12.2. The van der Waals surface area contributed by atoms with Crippen LogP contribution in [0.15, 0.2) is 0 Å². The van der Waals surface area contributed by atoms with Gasteiger partial charge in [0.1, 0.15) is 0 Å². The second kappa shape index (κ2) is 8.84. The highest BCUT2D eigenvalue weighted by Crippen LogP contribution is 2.14. The number of amides is 2. The summed E-state index contributed by atoms with van der Waals surface area (Å²) in [5, 5.41) is 14.2. The Labute approximate surface area is 103 Å². The van der Waals surface area contributed by atoms with Gasteiger partial charge in [-0.05, 0) is 24.7 Å². The predicted octanol–water partition coefficient (Wildman–Crippen LogP) is 1.83. The molecule has 0 aliphatic carbocycles. The molecule has 0 aromatic heterocycles. The molecule has 100 valence electrons. The summed E-state index contributed by atoms with van der Waals surface area (Å²) in [6.45, 7) is 7.13. The van der Waals surface area contributed by atoms with E-state index in [9.17, 15) is 9.59 Å². The van der Waals surface area contributed by atoms with Crippen molar-refractivity contribution in [2.45, 2.75) is 40.0 Å². The van der Waals surface area contributed by atoms with Crippen molar-refractivity contribution in [1.29, 1.82) is 0 Å². The molecule has 0 fully saturated rings. The van der Waals surface area contributed by atoms with E-state index in [-0.39, 0.29) is 18.4 Å². The quantitative estimate of drug-likeness (QED) is 0.609. The van der Waals surface area contributed by atoms with Gasteiger partial charge in [0.25, 0.3) is 0 Å².